The fourth-order valence-corrected chi connectivity index (χ4v) is 1.08. The van der Waals surface area contributed by atoms with Crippen molar-refractivity contribution in [2.45, 2.75) is 26.3 Å². The van der Waals surface area contributed by atoms with Crippen LogP contribution in [0, 0.1) is 0 Å². The van der Waals surface area contributed by atoms with Crippen molar-refractivity contribution in [2.24, 2.45) is 0 Å². The van der Waals surface area contributed by atoms with E-state index in [-0.39, 0.29) is 16.9 Å². The molecule has 74 valence electrons. The van der Waals surface area contributed by atoms with Crippen LogP contribution >= 0.6 is 11.6 Å². The first-order valence-corrected chi connectivity index (χ1v) is 4.77. The van der Waals surface area contributed by atoms with Gasteiger partial charge in [0.25, 0.3) is 0 Å². The molecule has 14 heavy (non-hydrogen) atoms. The summed E-state index contributed by atoms with van der Waals surface area (Å²) in [4.78, 5) is 7.69. The van der Waals surface area contributed by atoms with Gasteiger partial charge in [-0.15, -0.1) is 0 Å². The van der Waals surface area contributed by atoms with Crippen LogP contribution in [0.15, 0.2) is 0 Å². The lowest BCUT2D eigenvalue weighted by atomic mass is 10.0. The highest BCUT2D eigenvalue weighted by atomic mass is 35.5. The van der Waals surface area contributed by atoms with E-state index in [1.807, 2.05) is 6.92 Å². The van der Waals surface area contributed by atoms with Crippen LogP contribution in [-0.4, -0.2) is 23.9 Å². The Hall–Kier alpha value is -0.965. The molecule has 0 unspecified atom stereocenters. The molecule has 1 heterocycles. The summed E-state index contributed by atoms with van der Waals surface area (Å²) in [5.74, 6) is 0.497. The van der Waals surface area contributed by atoms with Crippen molar-refractivity contribution in [2.75, 3.05) is 11.1 Å². The molecule has 0 bridgehead atoms. The molecule has 6 heteroatoms. The molecule has 1 rings (SSSR count). The molecule has 0 aromatic carbocycles. The van der Waals surface area contributed by atoms with Gasteiger partial charge < -0.3 is 11.1 Å². The maximum atomic E-state index is 5.68. The molecule has 0 amide bonds. The number of nitrogen functional groups attached to an aromatic ring is 1. The van der Waals surface area contributed by atoms with Crippen LogP contribution in [0.25, 0.3) is 0 Å². The second-order valence-electron chi connectivity index (χ2n) is 3.09. The van der Waals surface area contributed by atoms with E-state index in [4.69, 9.17) is 25.2 Å². The number of hydrogen-bond donors (Lipinski definition) is 2. The molecular formula is C8H12BClN4. The van der Waals surface area contributed by atoms with Crippen molar-refractivity contribution in [1.29, 1.82) is 0 Å². The van der Waals surface area contributed by atoms with E-state index >= 15 is 0 Å². The molecule has 0 fully saturated rings. The zero-order chi connectivity index (χ0) is 10.7. The molecule has 0 aliphatic rings. The monoisotopic (exact) mass is 210 g/mol. The molecule has 0 saturated heterocycles. The predicted molar refractivity (Wildman–Crippen MR) is 60.2 cm³/mol. The van der Waals surface area contributed by atoms with E-state index in [9.17, 15) is 0 Å². The topological polar surface area (TPSA) is 63.8 Å². The van der Waals surface area contributed by atoms with E-state index in [0.29, 0.717) is 11.5 Å². The molecule has 2 radical (unpaired) electrons. The Morgan fingerprint density at radius 2 is 2.21 bits per heavy atom. The number of nitrogens with zero attached hydrogens (tertiary/aromatic N) is 2. The largest absolute Gasteiger partial charge is 0.395 e. The molecule has 4 nitrogen and oxygen atoms in total. The minimum atomic E-state index is 0.0995. The fraction of sp³-hybridized carbons (Fsp3) is 0.500. The van der Waals surface area contributed by atoms with Crippen molar-refractivity contribution < 1.29 is 0 Å². The number of halogens is 1. The number of hydrogen-bond acceptors (Lipinski definition) is 4. The van der Waals surface area contributed by atoms with Gasteiger partial charge in [-0.3, -0.25) is 0 Å². The summed E-state index contributed by atoms with van der Waals surface area (Å²) in [6, 6.07) is 0.266. The third kappa shape index (κ3) is 2.51. The molecular weight excluding hydrogens is 198 g/mol. The van der Waals surface area contributed by atoms with Crippen LogP contribution in [0.3, 0.4) is 0 Å². The second-order valence-corrected chi connectivity index (χ2v) is 3.43. The highest BCUT2D eigenvalue weighted by Crippen LogP contribution is 2.15. The summed E-state index contributed by atoms with van der Waals surface area (Å²) in [6.07, 6.45) is 0.959. The summed E-state index contributed by atoms with van der Waals surface area (Å²) in [5, 5.41) is 3.20. The summed E-state index contributed by atoms with van der Waals surface area (Å²) >= 11 is 5.65. The third-order valence-corrected chi connectivity index (χ3v) is 2.11. The molecule has 1 atom stereocenters. The third-order valence-electron chi connectivity index (χ3n) is 1.94. The van der Waals surface area contributed by atoms with Crippen LogP contribution in [0.2, 0.25) is 5.28 Å². The zero-order valence-electron chi connectivity index (χ0n) is 8.21. The molecule has 1 aromatic heterocycles. The van der Waals surface area contributed by atoms with Crippen LogP contribution in [0.5, 0.6) is 0 Å². The Morgan fingerprint density at radius 3 is 2.79 bits per heavy atom. The number of anilines is 2. The maximum absolute atomic E-state index is 5.68. The lowest BCUT2D eigenvalue weighted by molar-refractivity contribution is 0.759. The summed E-state index contributed by atoms with van der Waals surface area (Å²) in [5.41, 5.74) is 6.23. The van der Waals surface area contributed by atoms with Crippen LogP contribution < -0.4 is 16.6 Å². The standard InChI is InChI=1S/C8H12BClN4/c1-3-4(2)12-7-5(11)6(9)13-8(10)14-7/h4H,3,11H2,1-2H3,(H,12,13,14)/t4-/m1/s1. The van der Waals surface area contributed by atoms with Gasteiger partial charge in [0.05, 0.1) is 5.69 Å². The zero-order valence-corrected chi connectivity index (χ0v) is 8.97. The predicted octanol–water partition coefficient (Wildman–Crippen LogP) is 0.716. The summed E-state index contributed by atoms with van der Waals surface area (Å²) < 4.78 is 0. The number of rotatable bonds is 3. The molecule has 1 aromatic rings. The normalized spacial score (nSPS) is 12.5. The minimum absolute atomic E-state index is 0.0995. The van der Waals surface area contributed by atoms with Gasteiger partial charge in [0.1, 0.15) is 7.85 Å². The Kier molecular flexibility index (Phi) is 3.58. The van der Waals surface area contributed by atoms with Crippen LogP contribution in [-0.2, 0) is 0 Å². The van der Waals surface area contributed by atoms with Gasteiger partial charge in [0.2, 0.25) is 5.28 Å². The lowest BCUT2D eigenvalue weighted by Crippen LogP contribution is -2.22. The number of nitrogens with one attached hydrogen (secondary N) is 1. The van der Waals surface area contributed by atoms with E-state index in [1.165, 1.54) is 0 Å². The molecule has 0 aliphatic carbocycles. The number of nitrogens with two attached hydrogens (primary N) is 1. The lowest BCUT2D eigenvalue weighted by Gasteiger charge is -2.14. The summed E-state index contributed by atoms with van der Waals surface area (Å²) in [7, 11) is 5.54. The highest BCUT2D eigenvalue weighted by Gasteiger charge is 2.08. The van der Waals surface area contributed by atoms with Gasteiger partial charge in [0, 0.05) is 11.6 Å². The van der Waals surface area contributed by atoms with Gasteiger partial charge in [0.15, 0.2) is 5.82 Å². The van der Waals surface area contributed by atoms with E-state index < -0.39 is 0 Å². The first-order chi connectivity index (χ1) is 6.54. The SMILES string of the molecule is [B]c1nc(Cl)nc(N[C@H](C)CC)c1N. The smallest absolute Gasteiger partial charge is 0.223 e. The Morgan fingerprint density at radius 1 is 1.57 bits per heavy atom. The molecule has 0 aliphatic heterocycles. The average molecular weight is 210 g/mol. The first kappa shape index (κ1) is 11.1. The van der Waals surface area contributed by atoms with E-state index in [0.717, 1.165) is 6.42 Å². The minimum Gasteiger partial charge on any atom is -0.395 e. The van der Waals surface area contributed by atoms with Gasteiger partial charge in [-0.25, -0.2) is 4.98 Å². The Labute approximate surface area is 89.7 Å². The Balaban J connectivity index is 2.96. The second kappa shape index (κ2) is 4.51. The van der Waals surface area contributed by atoms with Crippen molar-refractivity contribution in [3.8, 4) is 0 Å². The molecule has 0 saturated carbocycles. The summed E-state index contributed by atoms with van der Waals surface area (Å²) in [6.45, 7) is 4.08. The quantitative estimate of drug-likeness (QED) is 0.570. The van der Waals surface area contributed by atoms with Crippen molar-refractivity contribution in [1.82, 2.24) is 9.97 Å². The van der Waals surface area contributed by atoms with Crippen molar-refractivity contribution in [3.63, 3.8) is 0 Å². The first-order valence-electron chi connectivity index (χ1n) is 4.39. The fourth-order valence-electron chi connectivity index (χ4n) is 0.904. The average Bonchev–Trinajstić information content (AvgIpc) is 2.13. The van der Waals surface area contributed by atoms with Gasteiger partial charge in [-0.05, 0) is 24.9 Å². The molecule has 3 N–H and O–H groups in total. The molecule has 0 spiro atoms. The van der Waals surface area contributed by atoms with Crippen LogP contribution in [0.1, 0.15) is 20.3 Å². The van der Waals surface area contributed by atoms with Crippen molar-refractivity contribution >= 4 is 36.5 Å². The maximum Gasteiger partial charge on any atom is 0.223 e. The van der Waals surface area contributed by atoms with E-state index in [1.54, 1.807) is 0 Å². The number of aromatic nitrogens is 2. The van der Waals surface area contributed by atoms with Gasteiger partial charge in [-0.1, -0.05) is 6.92 Å². The van der Waals surface area contributed by atoms with E-state index in [2.05, 4.69) is 22.2 Å². The highest BCUT2D eigenvalue weighted by molar-refractivity contribution is 6.36. The van der Waals surface area contributed by atoms with Crippen LogP contribution in [0.4, 0.5) is 11.5 Å². The van der Waals surface area contributed by atoms with Crippen molar-refractivity contribution in [3.05, 3.63) is 5.28 Å². The van der Waals surface area contributed by atoms with Gasteiger partial charge >= 0.3 is 0 Å². The Bertz CT molecular complexity index is 331. The van der Waals surface area contributed by atoms with Gasteiger partial charge in [-0.2, -0.15) is 4.98 Å².